The van der Waals surface area contributed by atoms with Crippen molar-refractivity contribution in [1.29, 1.82) is 0 Å². The van der Waals surface area contributed by atoms with E-state index in [0.29, 0.717) is 19.5 Å². The third-order valence-electron chi connectivity index (χ3n) is 3.53. The maximum Gasteiger partial charge on any atom is 0.237 e. The molecule has 2 rings (SSSR count). The first kappa shape index (κ1) is 14.8. The highest BCUT2D eigenvalue weighted by Gasteiger charge is 2.35. The molecular weight excluding hydrogens is 256 g/mol. The number of likely N-dealkylation sites (N-methyl/N-ethyl adjacent to an activating group) is 1. The fourth-order valence-electron chi connectivity index (χ4n) is 2.62. The van der Waals surface area contributed by atoms with Crippen LogP contribution < -0.4 is 4.74 Å². The zero-order valence-corrected chi connectivity index (χ0v) is 12.2. The number of likely N-dealkylation sites (tertiary alicyclic amines) is 1. The molecule has 110 valence electrons. The average Bonchev–Trinajstić information content (AvgIpc) is 2.80. The molecule has 0 aliphatic carbocycles. The highest BCUT2D eigenvalue weighted by atomic mass is 16.5. The first-order valence-corrected chi connectivity index (χ1v) is 6.77. The summed E-state index contributed by atoms with van der Waals surface area (Å²) in [6.45, 7) is 0.752. The first-order chi connectivity index (χ1) is 9.51. The van der Waals surface area contributed by atoms with E-state index < -0.39 is 6.10 Å². The van der Waals surface area contributed by atoms with Gasteiger partial charge in [0.1, 0.15) is 5.75 Å². The molecule has 1 aromatic rings. The Kier molecular flexibility index (Phi) is 4.62. The van der Waals surface area contributed by atoms with Crippen molar-refractivity contribution in [3.05, 3.63) is 29.8 Å². The normalized spacial score (nSPS) is 22.4. The van der Waals surface area contributed by atoms with Crippen LogP contribution in [0.4, 0.5) is 0 Å². The first-order valence-electron chi connectivity index (χ1n) is 6.77. The van der Waals surface area contributed by atoms with Crippen LogP contribution >= 0.6 is 0 Å². The van der Waals surface area contributed by atoms with Crippen LogP contribution in [-0.2, 0) is 4.79 Å². The van der Waals surface area contributed by atoms with Crippen LogP contribution in [0.1, 0.15) is 18.0 Å². The summed E-state index contributed by atoms with van der Waals surface area (Å²) in [6.07, 6.45) is 0.115. The number of hydrogen-bond donors (Lipinski definition) is 1. The Bertz CT molecular complexity index is 476. The fraction of sp³-hybridized carbons (Fsp3) is 0.533. The van der Waals surface area contributed by atoms with Gasteiger partial charge < -0.3 is 19.6 Å². The lowest BCUT2D eigenvalue weighted by molar-refractivity contribution is -0.133. The SMILES string of the molecule is COc1cccc([C@@H]2C[C@@H](O)CN2C(=O)CN(C)C)c1. The summed E-state index contributed by atoms with van der Waals surface area (Å²) in [5, 5.41) is 9.90. The number of rotatable bonds is 4. The number of aliphatic hydroxyl groups excluding tert-OH is 1. The van der Waals surface area contributed by atoms with Gasteiger partial charge in [-0.25, -0.2) is 0 Å². The number of methoxy groups -OCH3 is 1. The maximum atomic E-state index is 12.3. The molecule has 5 nitrogen and oxygen atoms in total. The summed E-state index contributed by atoms with van der Waals surface area (Å²) in [6, 6.07) is 7.61. The molecule has 5 heteroatoms. The number of amides is 1. The molecule has 1 aliphatic rings. The van der Waals surface area contributed by atoms with Gasteiger partial charge in [-0.15, -0.1) is 0 Å². The quantitative estimate of drug-likeness (QED) is 0.889. The van der Waals surface area contributed by atoms with E-state index in [1.807, 2.05) is 43.3 Å². The number of ether oxygens (including phenoxy) is 1. The van der Waals surface area contributed by atoms with Crippen LogP contribution in [0, 0.1) is 0 Å². The molecule has 1 saturated heterocycles. The van der Waals surface area contributed by atoms with Crippen molar-refractivity contribution in [1.82, 2.24) is 9.80 Å². The Morgan fingerprint density at radius 3 is 2.90 bits per heavy atom. The van der Waals surface area contributed by atoms with Gasteiger partial charge in [0.15, 0.2) is 0 Å². The Labute approximate surface area is 119 Å². The topological polar surface area (TPSA) is 53.0 Å². The molecule has 1 aliphatic heterocycles. The van der Waals surface area contributed by atoms with Crippen LogP contribution in [0.5, 0.6) is 5.75 Å². The van der Waals surface area contributed by atoms with Gasteiger partial charge in [0.2, 0.25) is 5.91 Å². The molecule has 20 heavy (non-hydrogen) atoms. The molecular formula is C15H22N2O3. The monoisotopic (exact) mass is 278 g/mol. The number of benzene rings is 1. The number of aliphatic hydroxyl groups is 1. The van der Waals surface area contributed by atoms with Gasteiger partial charge in [-0.2, -0.15) is 0 Å². The Hall–Kier alpha value is -1.59. The van der Waals surface area contributed by atoms with Crippen LogP contribution in [0.2, 0.25) is 0 Å². The number of carbonyl (C=O) groups excluding carboxylic acids is 1. The van der Waals surface area contributed by atoms with Gasteiger partial charge in [-0.05, 0) is 38.2 Å². The van der Waals surface area contributed by atoms with E-state index in [9.17, 15) is 9.90 Å². The molecule has 1 heterocycles. The van der Waals surface area contributed by atoms with E-state index in [1.165, 1.54) is 0 Å². The summed E-state index contributed by atoms with van der Waals surface area (Å²) < 4.78 is 5.23. The van der Waals surface area contributed by atoms with Crippen molar-refractivity contribution in [2.75, 3.05) is 34.3 Å². The smallest absolute Gasteiger partial charge is 0.237 e. The van der Waals surface area contributed by atoms with Crippen LogP contribution in [0.15, 0.2) is 24.3 Å². The van der Waals surface area contributed by atoms with Gasteiger partial charge in [-0.3, -0.25) is 4.79 Å². The Morgan fingerprint density at radius 1 is 1.50 bits per heavy atom. The minimum atomic E-state index is -0.461. The predicted molar refractivity (Wildman–Crippen MR) is 76.6 cm³/mol. The van der Waals surface area contributed by atoms with Crippen molar-refractivity contribution in [3.8, 4) is 5.75 Å². The van der Waals surface area contributed by atoms with E-state index in [1.54, 1.807) is 12.0 Å². The lowest BCUT2D eigenvalue weighted by Gasteiger charge is -2.26. The maximum absolute atomic E-state index is 12.3. The minimum absolute atomic E-state index is 0.0411. The molecule has 1 fully saturated rings. The predicted octanol–water partition coefficient (Wildman–Crippen LogP) is 0.891. The van der Waals surface area contributed by atoms with E-state index in [0.717, 1.165) is 11.3 Å². The number of hydrogen-bond acceptors (Lipinski definition) is 4. The highest BCUT2D eigenvalue weighted by molar-refractivity contribution is 5.79. The van der Waals surface area contributed by atoms with Crippen LogP contribution in [0.25, 0.3) is 0 Å². The van der Waals surface area contributed by atoms with Crippen LogP contribution in [-0.4, -0.2) is 61.2 Å². The standard InChI is InChI=1S/C15H22N2O3/c1-16(2)10-15(19)17-9-12(18)8-14(17)11-5-4-6-13(7-11)20-3/h4-7,12,14,18H,8-10H2,1-3H3/t12-,14+/m1/s1. The largest absolute Gasteiger partial charge is 0.497 e. The number of carbonyl (C=O) groups is 1. The van der Waals surface area contributed by atoms with Crippen molar-refractivity contribution < 1.29 is 14.6 Å². The molecule has 0 aromatic heterocycles. The summed E-state index contributed by atoms with van der Waals surface area (Å²) in [4.78, 5) is 15.9. The minimum Gasteiger partial charge on any atom is -0.497 e. The van der Waals surface area contributed by atoms with Crippen LogP contribution in [0.3, 0.4) is 0 Å². The van der Waals surface area contributed by atoms with E-state index in [-0.39, 0.29) is 11.9 Å². The second kappa shape index (κ2) is 6.24. The molecule has 0 saturated carbocycles. The number of β-amino-alcohol motifs (C(OH)–C–C–N with tert-alkyl or cyclic N) is 1. The molecule has 1 N–H and O–H groups in total. The highest BCUT2D eigenvalue weighted by Crippen LogP contribution is 2.33. The van der Waals surface area contributed by atoms with Crippen molar-refractivity contribution in [3.63, 3.8) is 0 Å². The van der Waals surface area contributed by atoms with Crippen molar-refractivity contribution >= 4 is 5.91 Å². The molecule has 0 unspecified atom stereocenters. The van der Waals surface area contributed by atoms with Gasteiger partial charge in [0, 0.05) is 6.54 Å². The van der Waals surface area contributed by atoms with Gasteiger partial charge in [-0.1, -0.05) is 12.1 Å². The van der Waals surface area contributed by atoms with Crippen molar-refractivity contribution in [2.45, 2.75) is 18.6 Å². The molecule has 0 radical (unpaired) electrons. The molecule has 2 atom stereocenters. The molecule has 0 bridgehead atoms. The molecule has 1 aromatic carbocycles. The second-order valence-electron chi connectivity index (χ2n) is 5.47. The Morgan fingerprint density at radius 2 is 2.25 bits per heavy atom. The lowest BCUT2D eigenvalue weighted by atomic mass is 10.0. The summed E-state index contributed by atoms with van der Waals surface area (Å²) in [5.41, 5.74) is 1.01. The second-order valence-corrected chi connectivity index (χ2v) is 5.47. The van der Waals surface area contributed by atoms with Gasteiger partial charge >= 0.3 is 0 Å². The summed E-state index contributed by atoms with van der Waals surface area (Å²) in [7, 11) is 5.35. The van der Waals surface area contributed by atoms with Gasteiger partial charge in [0.05, 0.1) is 25.8 Å². The molecule has 0 spiro atoms. The van der Waals surface area contributed by atoms with E-state index in [4.69, 9.17) is 4.74 Å². The fourth-order valence-corrected chi connectivity index (χ4v) is 2.62. The average molecular weight is 278 g/mol. The third-order valence-corrected chi connectivity index (χ3v) is 3.53. The van der Waals surface area contributed by atoms with Crippen molar-refractivity contribution in [2.24, 2.45) is 0 Å². The lowest BCUT2D eigenvalue weighted by Crippen LogP contribution is -2.38. The third kappa shape index (κ3) is 3.29. The number of nitrogens with zero attached hydrogens (tertiary/aromatic N) is 2. The summed E-state index contributed by atoms with van der Waals surface area (Å²) >= 11 is 0. The molecule has 1 amide bonds. The van der Waals surface area contributed by atoms with Gasteiger partial charge in [0.25, 0.3) is 0 Å². The summed E-state index contributed by atoms with van der Waals surface area (Å²) in [5.74, 6) is 0.809. The van der Waals surface area contributed by atoms with E-state index in [2.05, 4.69) is 0 Å². The zero-order valence-electron chi connectivity index (χ0n) is 12.2. The zero-order chi connectivity index (χ0) is 14.7. The Balaban J connectivity index is 2.21. The van der Waals surface area contributed by atoms with E-state index >= 15 is 0 Å².